The van der Waals surface area contributed by atoms with Gasteiger partial charge in [0.1, 0.15) is 16.4 Å². The molecule has 0 bridgehead atoms. The van der Waals surface area contributed by atoms with E-state index in [-0.39, 0.29) is 39.7 Å². The SMILES string of the molecule is O=S(=O)(O)c1cccc(Cc2nc(Cl)nc(Nc3ccc(S(=O)(=O)O)c(N=NCl)c3)n2)c1. The summed E-state index contributed by atoms with van der Waals surface area (Å²) in [5.41, 5.74) is 0.503. The zero-order valence-electron chi connectivity index (χ0n) is 15.6. The maximum Gasteiger partial charge on any atom is 0.296 e. The fraction of sp³-hybridized carbons (Fsp3) is 0.0625. The summed E-state index contributed by atoms with van der Waals surface area (Å²) in [5, 5.41) is 6.07. The molecule has 3 rings (SSSR count). The normalized spacial score (nSPS) is 12.2. The maximum atomic E-state index is 11.4. The van der Waals surface area contributed by atoms with Crippen molar-refractivity contribution in [3.8, 4) is 0 Å². The van der Waals surface area contributed by atoms with Crippen molar-refractivity contribution in [3.63, 3.8) is 0 Å². The molecule has 3 aromatic rings. The number of hydrogen-bond acceptors (Lipinski definition) is 10. The fourth-order valence-corrected chi connectivity index (χ4v) is 4.00. The van der Waals surface area contributed by atoms with Gasteiger partial charge < -0.3 is 5.32 Å². The van der Waals surface area contributed by atoms with E-state index in [1.807, 2.05) is 0 Å². The third-order valence-corrected chi connectivity index (χ3v) is 5.85. The molecule has 0 fully saturated rings. The summed E-state index contributed by atoms with van der Waals surface area (Å²) in [6.45, 7) is 0. The van der Waals surface area contributed by atoms with E-state index in [4.69, 9.17) is 23.4 Å². The van der Waals surface area contributed by atoms with Crippen LogP contribution in [0.5, 0.6) is 0 Å². The van der Waals surface area contributed by atoms with Crippen LogP contribution in [-0.4, -0.2) is 40.9 Å². The molecule has 0 amide bonds. The highest BCUT2D eigenvalue weighted by Gasteiger charge is 2.17. The van der Waals surface area contributed by atoms with Crippen LogP contribution in [0.15, 0.2) is 62.0 Å². The van der Waals surface area contributed by atoms with Gasteiger partial charge in [0.05, 0.1) is 16.7 Å². The molecule has 2 aromatic carbocycles. The third kappa shape index (κ3) is 6.15. The molecule has 0 unspecified atom stereocenters. The number of benzene rings is 2. The molecule has 16 heteroatoms. The number of nitrogens with zero attached hydrogens (tertiary/aromatic N) is 5. The summed E-state index contributed by atoms with van der Waals surface area (Å²) < 4.78 is 66.9. The van der Waals surface area contributed by atoms with Gasteiger partial charge >= 0.3 is 0 Å². The molecule has 1 heterocycles. The van der Waals surface area contributed by atoms with E-state index in [9.17, 15) is 25.9 Å². The zero-order chi connectivity index (χ0) is 23.5. The number of anilines is 2. The second-order valence-corrected chi connectivity index (χ2v) is 9.40. The first-order chi connectivity index (χ1) is 15.0. The summed E-state index contributed by atoms with van der Waals surface area (Å²) in [7, 11) is -8.95. The van der Waals surface area contributed by atoms with Crippen molar-refractivity contribution in [3.05, 3.63) is 59.1 Å². The molecule has 0 saturated carbocycles. The molecule has 168 valence electrons. The molecular formula is C16H12Cl2N6O6S2. The van der Waals surface area contributed by atoms with Gasteiger partial charge in [-0.05, 0) is 47.5 Å². The molecule has 0 spiro atoms. The Morgan fingerprint density at radius 2 is 1.72 bits per heavy atom. The molecular weight excluding hydrogens is 507 g/mol. The van der Waals surface area contributed by atoms with E-state index in [1.165, 1.54) is 30.3 Å². The van der Waals surface area contributed by atoms with Gasteiger partial charge in [-0.3, -0.25) is 9.11 Å². The molecule has 1 aromatic heterocycles. The molecule has 0 atom stereocenters. The number of rotatable bonds is 7. The lowest BCUT2D eigenvalue weighted by atomic mass is 10.1. The van der Waals surface area contributed by atoms with Crippen LogP contribution in [-0.2, 0) is 26.7 Å². The number of halogens is 2. The predicted octanol–water partition coefficient (Wildman–Crippen LogP) is 3.59. The van der Waals surface area contributed by atoms with Crippen molar-refractivity contribution in [1.29, 1.82) is 0 Å². The lowest BCUT2D eigenvalue weighted by Crippen LogP contribution is -2.06. The second kappa shape index (κ2) is 9.40. The smallest absolute Gasteiger partial charge is 0.296 e. The second-order valence-electron chi connectivity index (χ2n) is 6.10. The van der Waals surface area contributed by atoms with Gasteiger partial charge in [-0.25, -0.2) is 4.98 Å². The summed E-state index contributed by atoms with van der Waals surface area (Å²) in [4.78, 5) is 11.3. The molecule has 0 aliphatic rings. The Kier molecular flexibility index (Phi) is 7.02. The average molecular weight is 519 g/mol. The van der Waals surface area contributed by atoms with Gasteiger partial charge in [-0.1, -0.05) is 16.8 Å². The number of nitrogens with one attached hydrogen (secondary N) is 1. The molecule has 32 heavy (non-hydrogen) atoms. The molecule has 0 aliphatic carbocycles. The topological polar surface area (TPSA) is 184 Å². The van der Waals surface area contributed by atoms with Crippen molar-refractivity contribution < 1.29 is 25.9 Å². The Morgan fingerprint density at radius 3 is 2.38 bits per heavy atom. The molecule has 0 radical (unpaired) electrons. The van der Waals surface area contributed by atoms with Crippen LogP contribution in [0, 0.1) is 0 Å². The maximum absolute atomic E-state index is 11.4. The Bertz CT molecular complexity index is 1420. The molecule has 0 aliphatic heterocycles. The highest BCUT2D eigenvalue weighted by Crippen LogP contribution is 2.29. The van der Waals surface area contributed by atoms with Crippen LogP contribution in [0.2, 0.25) is 5.28 Å². The van der Waals surface area contributed by atoms with Gasteiger partial charge in [0.15, 0.2) is 0 Å². The van der Waals surface area contributed by atoms with Gasteiger partial charge in [-0.2, -0.15) is 26.8 Å². The summed E-state index contributed by atoms with van der Waals surface area (Å²) >= 11 is 11.1. The van der Waals surface area contributed by atoms with Crippen molar-refractivity contribution in [2.24, 2.45) is 9.75 Å². The van der Waals surface area contributed by atoms with Crippen LogP contribution < -0.4 is 5.32 Å². The van der Waals surface area contributed by atoms with E-state index in [1.54, 1.807) is 6.07 Å². The van der Waals surface area contributed by atoms with Gasteiger partial charge in [0.2, 0.25) is 11.2 Å². The quantitative estimate of drug-likeness (QED) is 0.308. The average Bonchev–Trinajstić information content (AvgIpc) is 2.66. The highest BCUT2D eigenvalue weighted by atomic mass is 35.5. The Morgan fingerprint density at radius 1 is 0.969 bits per heavy atom. The Hall–Kier alpha value is -2.75. The van der Waals surface area contributed by atoms with E-state index in [0.29, 0.717) is 5.56 Å². The van der Waals surface area contributed by atoms with Crippen molar-refractivity contribution in [1.82, 2.24) is 15.0 Å². The van der Waals surface area contributed by atoms with Crippen molar-refractivity contribution in [2.75, 3.05) is 5.32 Å². The van der Waals surface area contributed by atoms with Crippen LogP contribution in [0.4, 0.5) is 17.3 Å². The Labute approximate surface area is 192 Å². The van der Waals surface area contributed by atoms with Crippen molar-refractivity contribution >= 4 is 60.9 Å². The van der Waals surface area contributed by atoms with E-state index < -0.39 is 25.1 Å². The first kappa shape index (κ1) is 23.9. The van der Waals surface area contributed by atoms with E-state index in [0.717, 1.165) is 6.07 Å². The summed E-state index contributed by atoms with van der Waals surface area (Å²) in [6.07, 6.45) is 0.0632. The standard InChI is InChI=1S/C16H12Cl2N6O6S2/c17-15-20-14(7-9-2-1-3-11(6-9)31(25,26)27)21-16(22-15)19-10-4-5-13(32(28,29)30)12(8-10)23-24-18/h1-6,8H,7H2,(H,25,26,27)(H,28,29,30)(H,19,20,21,22). The van der Waals surface area contributed by atoms with Gasteiger partial charge in [0.25, 0.3) is 20.2 Å². The first-order valence-corrected chi connectivity index (χ1v) is 11.9. The molecule has 12 nitrogen and oxygen atoms in total. The lowest BCUT2D eigenvalue weighted by Gasteiger charge is -2.09. The summed E-state index contributed by atoms with van der Waals surface area (Å²) in [6, 6.07) is 9.16. The monoisotopic (exact) mass is 518 g/mol. The van der Waals surface area contributed by atoms with Crippen molar-refractivity contribution in [2.45, 2.75) is 16.2 Å². The van der Waals surface area contributed by atoms with Gasteiger partial charge in [0, 0.05) is 12.1 Å². The predicted molar refractivity (Wildman–Crippen MR) is 114 cm³/mol. The lowest BCUT2D eigenvalue weighted by molar-refractivity contribution is 0.481. The van der Waals surface area contributed by atoms with E-state index in [2.05, 4.69) is 30.0 Å². The van der Waals surface area contributed by atoms with Crippen LogP contribution in [0.3, 0.4) is 0 Å². The minimum atomic E-state index is -4.57. The molecule has 0 saturated heterocycles. The number of hydrogen-bond donors (Lipinski definition) is 3. The van der Waals surface area contributed by atoms with Crippen LogP contribution in [0.25, 0.3) is 0 Å². The third-order valence-electron chi connectivity index (χ3n) is 3.85. The van der Waals surface area contributed by atoms with Crippen LogP contribution in [0.1, 0.15) is 11.4 Å². The summed E-state index contributed by atoms with van der Waals surface area (Å²) in [5.74, 6) is 0.162. The zero-order valence-corrected chi connectivity index (χ0v) is 18.7. The first-order valence-electron chi connectivity index (χ1n) is 8.33. The fourth-order valence-electron chi connectivity index (χ4n) is 2.59. The number of aromatic nitrogens is 3. The highest BCUT2D eigenvalue weighted by molar-refractivity contribution is 7.86. The Balaban J connectivity index is 1.91. The van der Waals surface area contributed by atoms with E-state index >= 15 is 0 Å². The minimum absolute atomic E-state index is 0.0145. The van der Waals surface area contributed by atoms with Crippen LogP contribution >= 0.6 is 23.4 Å². The molecule has 3 N–H and O–H groups in total. The largest absolute Gasteiger partial charge is 0.324 e. The minimum Gasteiger partial charge on any atom is -0.324 e. The van der Waals surface area contributed by atoms with Gasteiger partial charge in [-0.15, -0.1) is 5.11 Å².